The Balaban J connectivity index is 0.924. The van der Waals surface area contributed by atoms with Gasteiger partial charge in [0.25, 0.3) is 0 Å². The standard InChI is InChI=1S/C61H41NO2/c1-3-17-40(18-4-1)45-21-7-8-22-46(45)42-31-33-43(34-32-42)62(55-30-16-12-23-47(55)41-19-5-2-6-20-41)44-35-37-56-58(39-44)63-57-38-36-54-59(60(57)64-56)50-26-11-15-29-53(50)61(54)51-27-13-9-24-48(51)49-25-10-14-28-52(49)61/h1-35,37,39H,36,38H2. The van der Waals surface area contributed by atoms with E-state index in [2.05, 4.69) is 229 Å². The summed E-state index contributed by atoms with van der Waals surface area (Å²) in [5.41, 5.74) is 20.2. The zero-order valence-corrected chi connectivity index (χ0v) is 35.0. The second-order valence-corrected chi connectivity index (χ2v) is 17.0. The van der Waals surface area contributed by atoms with Crippen LogP contribution in [0, 0.1) is 0 Å². The molecule has 0 aromatic heterocycles. The minimum absolute atomic E-state index is 0.378. The van der Waals surface area contributed by atoms with Gasteiger partial charge in [0.1, 0.15) is 5.76 Å². The van der Waals surface area contributed by atoms with Gasteiger partial charge in [-0.25, -0.2) is 0 Å². The van der Waals surface area contributed by atoms with E-state index in [4.69, 9.17) is 9.47 Å². The maximum Gasteiger partial charge on any atom is 0.173 e. The number of ether oxygens (including phenoxy) is 2. The molecule has 9 aromatic carbocycles. The summed E-state index contributed by atoms with van der Waals surface area (Å²) in [4.78, 5) is 2.34. The molecule has 3 heteroatoms. The number of hydrogen-bond acceptors (Lipinski definition) is 3. The van der Waals surface area contributed by atoms with E-state index in [1.807, 2.05) is 0 Å². The number of fused-ring (bicyclic) bond motifs is 11. The summed E-state index contributed by atoms with van der Waals surface area (Å²) in [6.07, 6.45) is 1.60. The van der Waals surface area contributed by atoms with Crippen molar-refractivity contribution in [1.82, 2.24) is 0 Å². The Hall–Kier alpha value is -8.14. The zero-order chi connectivity index (χ0) is 42.2. The normalized spacial score (nSPS) is 14.7. The molecular weight excluding hydrogens is 779 g/mol. The fraction of sp³-hybridized carbons (Fsp3) is 0.0492. The highest BCUT2D eigenvalue weighted by Crippen LogP contribution is 2.65. The van der Waals surface area contributed by atoms with Crippen molar-refractivity contribution in [3.63, 3.8) is 0 Å². The molecule has 3 nitrogen and oxygen atoms in total. The number of nitrogens with zero attached hydrogens (tertiary/aromatic N) is 1. The lowest BCUT2D eigenvalue weighted by Crippen LogP contribution is -2.29. The van der Waals surface area contributed by atoms with Gasteiger partial charge in [0.05, 0.1) is 16.8 Å². The Bertz CT molecular complexity index is 3330. The molecule has 1 heterocycles. The van der Waals surface area contributed by atoms with Crippen LogP contribution in [0.25, 0.3) is 50.1 Å². The first-order valence-electron chi connectivity index (χ1n) is 22.2. The molecule has 1 spiro atoms. The molecule has 302 valence electrons. The summed E-state index contributed by atoms with van der Waals surface area (Å²) in [7, 11) is 0. The van der Waals surface area contributed by atoms with Crippen molar-refractivity contribution in [1.29, 1.82) is 0 Å². The quantitative estimate of drug-likeness (QED) is 0.167. The Kier molecular flexibility index (Phi) is 8.26. The molecule has 1 aliphatic heterocycles. The van der Waals surface area contributed by atoms with Crippen molar-refractivity contribution in [3.05, 3.63) is 264 Å². The van der Waals surface area contributed by atoms with E-state index < -0.39 is 0 Å². The average Bonchev–Trinajstić information content (AvgIpc) is 3.84. The number of allylic oxidation sites excluding steroid dienone is 3. The third-order valence-electron chi connectivity index (χ3n) is 13.7. The van der Waals surface area contributed by atoms with E-state index in [1.54, 1.807) is 0 Å². The highest BCUT2D eigenvalue weighted by molar-refractivity contribution is 5.99. The Morgan fingerprint density at radius 1 is 0.359 bits per heavy atom. The Labute approximate surface area is 373 Å². The van der Waals surface area contributed by atoms with Crippen LogP contribution in [0.1, 0.15) is 35.1 Å². The number of rotatable bonds is 6. The molecular formula is C61H41NO2. The molecule has 0 bridgehead atoms. The van der Waals surface area contributed by atoms with Crippen molar-refractivity contribution in [2.24, 2.45) is 0 Å². The smallest absolute Gasteiger partial charge is 0.173 e. The number of hydrogen-bond donors (Lipinski definition) is 0. The van der Waals surface area contributed by atoms with E-state index in [1.165, 1.54) is 61.2 Å². The van der Waals surface area contributed by atoms with Gasteiger partial charge in [-0.3, -0.25) is 0 Å². The topological polar surface area (TPSA) is 21.7 Å². The molecule has 0 atom stereocenters. The molecule has 0 unspecified atom stereocenters. The molecule has 0 amide bonds. The summed E-state index contributed by atoms with van der Waals surface area (Å²) >= 11 is 0. The number of benzene rings is 9. The molecule has 0 fully saturated rings. The summed E-state index contributed by atoms with van der Waals surface area (Å²) in [5, 5.41) is 0. The molecule has 0 radical (unpaired) electrons. The minimum atomic E-state index is -0.378. The van der Waals surface area contributed by atoms with Crippen LogP contribution < -0.4 is 14.4 Å². The largest absolute Gasteiger partial charge is 0.454 e. The van der Waals surface area contributed by atoms with Crippen LogP contribution in [0.3, 0.4) is 0 Å². The Morgan fingerprint density at radius 3 is 1.48 bits per heavy atom. The van der Waals surface area contributed by atoms with Crippen LogP contribution in [0.15, 0.2) is 242 Å². The summed E-state index contributed by atoms with van der Waals surface area (Å²) in [6.45, 7) is 0. The van der Waals surface area contributed by atoms with E-state index in [0.29, 0.717) is 11.5 Å². The predicted molar refractivity (Wildman–Crippen MR) is 260 cm³/mol. The summed E-state index contributed by atoms with van der Waals surface area (Å²) in [6, 6.07) is 80.8. The number of para-hydroxylation sites is 1. The highest BCUT2D eigenvalue weighted by atomic mass is 16.6. The average molecular weight is 820 g/mol. The summed E-state index contributed by atoms with van der Waals surface area (Å²) in [5.74, 6) is 3.15. The number of anilines is 3. The lowest BCUT2D eigenvalue weighted by molar-refractivity contribution is 0.291. The predicted octanol–water partition coefficient (Wildman–Crippen LogP) is 15.7. The maximum atomic E-state index is 7.12. The van der Waals surface area contributed by atoms with Gasteiger partial charge < -0.3 is 14.4 Å². The van der Waals surface area contributed by atoms with Crippen LogP contribution >= 0.6 is 0 Å². The third kappa shape index (κ3) is 5.41. The van der Waals surface area contributed by atoms with Crippen LogP contribution in [-0.4, -0.2) is 0 Å². The highest BCUT2D eigenvalue weighted by Gasteiger charge is 2.55. The van der Waals surface area contributed by atoms with Gasteiger partial charge in [-0.05, 0) is 104 Å². The van der Waals surface area contributed by atoms with Gasteiger partial charge >= 0.3 is 0 Å². The molecule has 4 aliphatic rings. The van der Waals surface area contributed by atoms with E-state index in [0.717, 1.165) is 58.1 Å². The fourth-order valence-corrected chi connectivity index (χ4v) is 11.1. The third-order valence-corrected chi connectivity index (χ3v) is 13.7. The molecule has 64 heavy (non-hydrogen) atoms. The molecule has 0 saturated carbocycles. The first kappa shape index (κ1) is 36.5. The fourth-order valence-electron chi connectivity index (χ4n) is 11.1. The van der Waals surface area contributed by atoms with Crippen molar-refractivity contribution >= 4 is 22.6 Å². The van der Waals surface area contributed by atoms with Crippen molar-refractivity contribution in [2.45, 2.75) is 18.3 Å². The monoisotopic (exact) mass is 819 g/mol. The van der Waals surface area contributed by atoms with E-state index >= 15 is 0 Å². The molecule has 3 aliphatic carbocycles. The second kappa shape index (κ2) is 14.5. The van der Waals surface area contributed by atoms with Crippen molar-refractivity contribution in [2.75, 3.05) is 4.90 Å². The van der Waals surface area contributed by atoms with Gasteiger partial charge in [-0.2, -0.15) is 0 Å². The van der Waals surface area contributed by atoms with Gasteiger partial charge in [-0.15, -0.1) is 0 Å². The minimum Gasteiger partial charge on any atom is -0.454 e. The lowest BCUT2D eigenvalue weighted by atomic mass is 9.68. The maximum absolute atomic E-state index is 7.12. The van der Waals surface area contributed by atoms with Crippen LogP contribution in [0.2, 0.25) is 0 Å². The lowest BCUT2D eigenvalue weighted by Gasteiger charge is -2.35. The summed E-state index contributed by atoms with van der Waals surface area (Å²) < 4.78 is 14.2. The first-order chi connectivity index (χ1) is 31.8. The van der Waals surface area contributed by atoms with Crippen LogP contribution in [0.4, 0.5) is 17.1 Å². The van der Waals surface area contributed by atoms with Crippen LogP contribution in [-0.2, 0) is 5.41 Å². The van der Waals surface area contributed by atoms with Gasteiger partial charge in [0, 0.05) is 29.3 Å². The SMILES string of the molecule is c1ccc(-c2ccccc2-c2ccc(N(c3ccc4c(c3)OC3=C(O4)C4=C(CC3)C3(c5ccccc54)c4ccccc4-c4ccccc43)c3ccccc3-c3ccccc3)cc2)cc1. The van der Waals surface area contributed by atoms with E-state index in [9.17, 15) is 0 Å². The van der Waals surface area contributed by atoms with Gasteiger partial charge in [0.2, 0.25) is 0 Å². The van der Waals surface area contributed by atoms with Gasteiger partial charge in [0.15, 0.2) is 17.3 Å². The van der Waals surface area contributed by atoms with Gasteiger partial charge in [-0.1, -0.05) is 188 Å². The van der Waals surface area contributed by atoms with E-state index in [-0.39, 0.29) is 5.41 Å². The Morgan fingerprint density at radius 2 is 0.844 bits per heavy atom. The van der Waals surface area contributed by atoms with Crippen LogP contribution in [0.5, 0.6) is 11.5 Å². The molecule has 9 aromatic rings. The van der Waals surface area contributed by atoms with Crippen molar-refractivity contribution in [3.8, 4) is 56.0 Å². The molecule has 13 rings (SSSR count). The first-order valence-corrected chi connectivity index (χ1v) is 22.2. The molecule has 0 N–H and O–H groups in total. The second-order valence-electron chi connectivity index (χ2n) is 17.0. The van der Waals surface area contributed by atoms with Crippen molar-refractivity contribution < 1.29 is 9.47 Å². The zero-order valence-electron chi connectivity index (χ0n) is 35.0. The molecule has 0 saturated heterocycles.